The number of hydrogen-bond donors (Lipinski definition) is 1. The minimum absolute atomic E-state index is 0.502. The molecule has 0 saturated carbocycles. The smallest absolute Gasteiger partial charge is 0.0234 e. The highest BCUT2D eigenvalue weighted by atomic mass is 15.3. The van der Waals surface area contributed by atoms with Crippen LogP contribution in [0.3, 0.4) is 0 Å². The fourth-order valence-corrected chi connectivity index (χ4v) is 3.49. The minimum Gasteiger partial charge on any atom is -0.316 e. The molecule has 3 heteroatoms. The SMILES string of the molecule is CC1(CN2CCN(Cc3ccccc3)CC2)CCNC1. The summed E-state index contributed by atoms with van der Waals surface area (Å²) < 4.78 is 0. The lowest BCUT2D eigenvalue weighted by atomic mass is 9.89. The van der Waals surface area contributed by atoms with Crippen molar-refractivity contribution in [1.82, 2.24) is 15.1 Å². The van der Waals surface area contributed by atoms with Crippen molar-refractivity contribution < 1.29 is 0 Å². The van der Waals surface area contributed by atoms with Gasteiger partial charge in [-0.05, 0) is 23.9 Å². The van der Waals surface area contributed by atoms with E-state index in [0.29, 0.717) is 5.41 Å². The molecule has 0 spiro atoms. The van der Waals surface area contributed by atoms with Gasteiger partial charge in [0, 0.05) is 45.8 Å². The Kier molecular flexibility index (Phi) is 4.39. The quantitative estimate of drug-likeness (QED) is 0.902. The highest BCUT2D eigenvalue weighted by Gasteiger charge is 2.31. The Labute approximate surface area is 123 Å². The van der Waals surface area contributed by atoms with E-state index in [2.05, 4.69) is 52.4 Å². The molecule has 2 fully saturated rings. The highest BCUT2D eigenvalue weighted by Crippen LogP contribution is 2.26. The van der Waals surface area contributed by atoms with Crippen LogP contribution in [0.1, 0.15) is 18.9 Å². The maximum Gasteiger partial charge on any atom is 0.0234 e. The molecule has 0 radical (unpaired) electrons. The van der Waals surface area contributed by atoms with Crippen molar-refractivity contribution >= 4 is 0 Å². The first-order valence-corrected chi connectivity index (χ1v) is 7.93. The lowest BCUT2D eigenvalue weighted by Gasteiger charge is -2.38. The third kappa shape index (κ3) is 3.60. The van der Waals surface area contributed by atoms with Crippen molar-refractivity contribution in [2.45, 2.75) is 19.9 Å². The molecule has 1 unspecified atom stereocenters. The highest BCUT2D eigenvalue weighted by molar-refractivity contribution is 5.14. The Morgan fingerprint density at radius 2 is 1.75 bits per heavy atom. The Balaban J connectivity index is 1.45. The van der Waals surface area contributed by atoms with Gasteiger partial charge in [0.25, 0.3) is 0 Å². The fourth-order valence-electron chi connectivity index (χ4n) is 3.49. The van der Waals surface area contributed by atoms with E-state index in [1.54, 1.807) is 0 Å². The van der Waals surface area contributed by atoms with Crippen LogP contribution in [-0.4, -0.2) is 55.6 Å². The molecule has 0 aromatic heterocycles. The number of nitrogens with zero attached hydrogens (tertiary/aromatic N) is 2. The molecule has 1 aromatic rings. The van der Waals surface area contributed by atoms with Crippen molar-refractivity contribution in [2.24, 2.45) is 5.41 Å². The first kappa shape index (κ1) is 14.1. The number of benzene rings is 1. The van der Waals surface area contributed by atoms with Gasteiger partial charge < -0.3 is 10.2 Å². The van der Waals surface area contributed by atoms with Gasteiger partial charge in [-0.1, -0.05) is 37.3 Å². The van der Waals surface area contributed by atoms with Crippen molar-refractivity contribution in [2.75, 3.05) is 45.8 Å². The van der Waals surface area contributed by atoms with Gasteiger partial charge in [0.1, 0.15) is 0 Å². The first-order valence-electron chi connectivity index (χ1n) is 7.93. The average molecular weight is 273 g/mol. The number of nitrogens with one attached hydrogen (secondary N) is 1. The minimum atomic E-state index is 0.502. The zero-order valence-corrected chi connectivity index (χ0v) is 12.6. The summed E-state index contributed by atoms with van der Waals surface area (Å²) in [5.74, 6) is 0. The standard InChI is InChI=1S/C17H27N3/c1-17(7-8-18-14-17)15-20-11-9-19(10-12-20)13-16-5-3-2-4-6-16/h2-6,18H,7-15H2,1H3. The van der Waals surface area contributed by atoms with Crippen LogP contribution in [0.5, 0.6) is 0 Å². The molecule has 3 nitrogen and oxygen atoms in total. The van der Waals surface area contributed by atoms with Crippen LogP contribution in [0.25, 0.3) is 0 Å². The van der Waals surface area contributed by atoms with Gasteiger partial charge in [-0.25, -0.2) is 0 Å². The predicted octanol–water partition coefficient (Wildman–Crippen LogP) is 1.80. The van der Waals surface area contributed by atoms with Crippen LogP contribution >= 0.6 is 0 Å². The normalized spacial score (nSPS) is 28.9. The van der Waals surface area contributed by atoms with E-state index < -0.39 is 0 Å². The largest absolute Gasteiger partial charge is 0.316 e. The van der Waals surface area contributed by atoms with E-state index in [4.69, 9.17) is 0 Å². The van der Waals surface area contributed by atoms with E-state index in [1.807, 2.05) is 0 Å². The molecular weight excluding hydrogens is 246 g/mol. The molecule has 110 valence electrons. The molecule has 1 aromatic carbocycles. The van der Waals surface area contributed by atoms with E-state index in [-0.39, 0.29) is 0 Å². The Morgan fingerprint density at radius 1 is 1.05 bits per heavy atom. The van der Waals surface area contributed by atoms with Crippen LogP contribution in [0, 0.1) is 5.41 Å². The van der Waals surface area contributed by atoms with Crippen molar-refractivity contribution in [3.05, 3.63) is 35.9 Å². The summed E-state index contributed by atoms with van der Waals surface area (Å²) in [5.41, 5.74) is 1.94. The van der Waals surface area contributed by atoms with E-state index in [9.17, 15) is 0 Å². The second kappa shape index (κ2) is 6.25. The van der Waals surface area contributed by atoms with Gasteiger partial charge in [0.15, 0.2) is 0 Å². The summed E-state index contributed by atoms with van der Waals surface area (Å²) in [6, 6.07) is 10.8. The van der Waals surface area contributed by atoms with Crippen LogP contribution in [0.2, 0.25) is 0 Å². The number of piperazine rings is 1. The topological polar surface area (TPSA) is 18.5 Å². The maximum absolute atomic E-state index is 3.51. The summed E-state index contributed by atoms with van der Waals surface area (Å²) in [4.78, 5) is 5.25. The summed E-state index contributed by atoms with van der Waals surface area (Å²) in [6.45, 7) is 12.1. The zero-order valence-electron chi connectivity index (χ0n) is 12.6. The van der Waals surface area contributed by atoms with E-state index in [1.165, 1.54) is 57.8 Å². The second-order valence-corrected chi connectivity index (χ2v) is 6.78. The van der Waals surface area contributed by atoms with Gasteiger partial charge in [-0.2, -0.15) is 0 Å². The van der Waals surface area contributed by atoms with Gasteiger partial charge in [0.05, 0.1) is 0 Å². The zero-order chi connectivity index (χ0) is 13.8. The van der Waals surface area contributed by atoms with Gasteiger partial charge in [-0.15, -0.1) is 0 Å². The molecule has 2 aliphatic heterocycles. The van der Waals surface area contributed by atoms with Gasteiger partial charge in [-0.3, -0.25) is 4.90 Å². The van der Waals surface area contributed by atoms with Crippen LogP contribution in [0.4, 0.5) is 0 Å². The number of hydrogen-bond acceptors (Lipinski definition) is 3. The molecule has 1 atom stereocenters. The maximum atomic E-state index is 3.51. The van der Waals surface area contributed by atoms with Crippen molar-refractivity contribution in [1.29, 1.82) is 0 Å². The molecular formula is C17H27N3. The Hall–Kier alpha value is -0.900. The molecule has 2 heterocycles. The third-order valence-corrected chi connectivity index (χ3v) is 4.78. The summed E-state index contributed by atoms with van der Waals surface area (Å²) in [5, 5.41) is 3.51. The van der Waals surface area contributed by atoms with Crippen LogP contribution in [0.15, 0.2) is 30.3 Å². The molecule has 1 N–H and O–H groups in total. The summed E-state index contributed by atoms with van der Waals surface area (Å²) in [7, 11) is 0. The first-order chi connectivity index (χ1) is 9.73. The molecule has 3 rings (SSSR count). The van der Waals surface area contributed by atoms with Crippen molar-refractivity contribution in [3.63, 3.8) is 0 Å². The average Bonchev–Trinajstić information content (AvgIpc) is 2.89. The Bertz CT molecular complexity index is 404. The molecule has 0 bridgehead atoms. The molecule has 2 aliphatic rings. The van der Waals surface area contributed by atoms with Crippen LogP contribution < -0.4 is 5.32 Å². The van der Waals surface area contributed by atoms with E-state index >= 15 is 0 Å². The summed E-state index contributed by atoms with van der Waals surface area (Å²) >= 11 is 0. The van der Waals surface area contributed by atoms with Crippen LogP contribution in [-0.2, 0) is 6.54 Å². The molecule has 0 amide bonds. The fraction of sp³-hybridized carbons (Fsp3) is 0.647. The Morgan fingerprint density at radius 3 is 2.40 bits per heavy atom. The predicted molar refractivity (Wildman–Crippen MR) is 83.8 cm³/mol. The monoisotopic (exact) mass is 273 g/mol. The second-order valence-electron chi connectivity index (χ2n) is 6.78. The lowest BCUT2D eigenvalue weighted by Crippen LogP contribution is -2.49. The van der Waals surface area contributed by atoms with Gasteiger partial charge in [0.2, 0.25) is 0 Å². The van der Waals surface area contributed by atoms with E-state index in [0.717, 1.165) is 6.54 Å². The van der Waals surface area contributed by atoms with Crippen molar-refractivity contribution in [3.8, 4) is 0 Å². The summed E-state index contributed by atoms with van der Waals surface area (Å²) in [6.07, 6.45) is 1.33. The lowest BCUT2D eigenvalue weighted by molar-refractivity contribution is 0.0933. The number of rotatable bonds is 4. The molecule has 20 heavy (non-hydrogen) atoms. The molecule has 2 saturated heterocycles. The third-order valence-electron chi connectivity index (χ3n) is 4.78. The molecule has 0 aliphatic carbocycles. The van der Waals surface area contributed by atoms with Gasteiger partial charge >= 0.3 is 0 Å².